The third kappa shape index (κ3) is 2.87. The van der Waals surface area contributed by atoms with Crippen LogP contribution in [0.2, 0.25) is 0 Å². The zero-order chi connectivity index (χ0) is 9.68. The molecule has 2 nitrogen and oxygen atoms in total. The van der Waals surface area contributed by atoms with Gasteiger partial charge in [0.15, 0.2) is 0 Å². The Kier molecular flexibility index (Phi) is 4.00. The molecule has 1 unspecified atom stereocenters. The molecule has 0 amide bonds. The normalized spacial score (nSPS) is 13.2. The quantitative estimate of drug-likeness (QED) is 0.681. The van der Waals surface area contributed by atoms with Crippen LogP contribution in [0.5, 0.6) is 0 Å². The third-order valence-corrected chi connectivity index (χ3v) is 2.67. The van der Waals surface area contributed by atoms with E-state index >= 15 is 0 Å². The van der Waals surface area contributed by atoms with Gasteiger partial charge in [-0.3, -0.25) is 0 Å². The summed E-state index contributed by atoms with van der Waals surface area (Å²) in [4.78, 5) is 4.35. The van der Waals surface area contributed by atoms with E-state index in [1.54, 1.807) is 0 Å². The molecule has 0 saturated heterocycles. The molecule has 1 aromatic rings. The molecular weight excluding hydrogens is 160 g/mol. The van der Waals surface area contributed by atoms with Gasteiger partial charge in [0.2, 0.25) is 0 Å². The molecule has 0 spiro atoms. The smallest absolute Gasteiger partial charge is 0.108 e. The molecule has 0 saturated carbocycles. The Morgan fingerprint density at radius 2 is 2.23 bits per heavy atom. The Hall–Kier alpha value is -0.790. The third-order valence-electron chi connectivity index (χ3n) is 2.67. The van der Waals surface area contributed by atoms with Gasteiger partial charge in [0.1, 0.15) is 5.82 Å². The zero-order valence-electron chi connectivity index (χ0n) is 8.95. The van der Waals surface area contributed by atoms with E-state index in [2.05, 4.69) is 30.4 Å². The van der Waals surface area contributed by atoms with Crippen LogP contribution in [-0.4, -0.2) is 9.55 Å². The van der Waals surface area contributed by atoms with Crippen molar-refractivity contribution in [1.29, 1.82) is 0 Å². The number of imidazole rings is 1. The molecule has 0 aliphatic carbocycles. The predicted octanol–water partition coefficient (Wildman–Crippen LogP) is 2.79. The summed E-state index contributed by atoms with van der Waals surface area (Å²) in [7, 11) is 2.07. The molecule has 2 heteroatoms. The van der Waals surface area contributed by atoms with Crippen LogP contribution in [0, 0.1) is 5.92 Å². The summed E-state index contributed by atoms with van der Waals surface area (Å²) in [6.45, 7) is 4.52. The van der Waals surface area contributed by atoms with Crippen LogP contribution >= 0.6 is 0 Å². The van der Waals surface area contributed by atoms with Crippen molar-refractivity contribution >= 4 is 0 Å². The van der Waals surface area contributed by atoms with Gasteiger partial charge in [-0.05, 0) is 5.92 Å². The summed E-state index contributed by atoms with van der Waals surface area (Å²) in [5, 5.41) is 0. The van der Waals surface area contributed by atoms with Gasteiger partial charge in [-0.25, -0.2) is 4.98 Å². The van der Waals surface area contributed by atoms with Crippen LogP contribution in [0.1, 0.15) is 38.9 Å². The maximum atomic E-state index is 4.35. The van der Waals surface area contributed by atoms with Gasteiger partial charge >= 0.3 is 0 Å². The second kappa shape index (κ2) is 5.05. The molecular formula is C11H20N2. The largest absolute Gasteiger partial charge is 0.338 e. The van der Waals surface area contributed by atoms with Crippen LogP contribution < -0.4 is 0 Å². The molecule has 1 atom stereocenters. The Labute approximate surface area is 81.0 Å². The van der Waals surface area contributed by atoms with E-state index in [9.17, 15) is 0 Å². The van der Waals surface area contributed by atoms with Crippen molar-refractivity contribution in [3.05, 3.63) is 18.2 Å². The Morgan fingerprint density at radius 1 is 1.46 bits per heavy atom. The van der Waals surface area contributed by atoms with Crippen molar-refractivity contribution in [1.82, 2.24) is 9.55 Å². The highest BCUT2D eigenvalue weighted by Crippen LogP contribution is 2.15. The maximum absolute atomic E-state index is 4.35. The van der Waals surface area contributed by atoms with Gasteiger partial charge < -0.3 is 4.57 Å². The summed E-state index contributed by atoms with van der Waals surface area (Å²) in [5.41, 5.74) is 0. The minimum atomic E-state index is 0.811. The standard InChI is InChI=1S/C11H20N2/c1-4-6-10(5-2)9-11-12-7-8-13(11)3/h7-8,10H,4-6,9H2,1-3H3. The van der Waals surface area contributed by atoms with Crippen molar-refractivity contribution < 1.29 is 0 Å². The van der Waals surface area contributed by atoms with Crippen LogP contribution in [0.25, 0.3) is 0 Å². The molecule has 0 aliphatic rings. The Balaban J connectivity index is 2.51. The van der Waals surface area contributed by atoms with Gasteiger partial charge in [0, 0.05) is 25.9 Å². The molecule has 0 fully saturated rings. The average molecular weight is 180 g/mol. The Bertz CT molecular complexity index is 240. The number of aromatic nitrogens is 2. The minimum absolute atomic E-state index is 0.811. The number of hydrogen-bond donors (Lipinski definition) is 0. The van der Waals surface area contributed by atoms with Gasteiger partial charge in [-0.1, -0.05) is 33.1 Å². The lowest BCUT2D eigenvalue weighted by atomic mass is 9.97. The average Bonchev–Trinajstić information content (AvgIpc) is 2.51. The first-order valence-corrected chi connectivity index (χ1v) is 5.24. The van der Waals surface area contributed by atoms with E-state index < -0.39 is 0 Å². The predicted molar refractivity (Wildman–Crippen MR) is 55.6 cm³/mol. The summed E-state index contributed by atoms with van der Waals surface area (Å²) in [6.07, 6.45) is 8.91. The highest BCUT2D eigenvalue weighted by atomic mass is 15.0. The van der Waals surface area contributed by atoms with E-state index in [-0.39, 0.29) is 0 Å². The van der Waals surface area contributed by atoms with Crippen LogP contribution in [0.15, 0.2) is 12.4 Å². The van der Waals surface area contributed by atoms with Gasteiger partial charge in [-0.15, -0.1) is 0 Å². The van der Waals surface area contributed by atoms with E-state index in [0.29, 0.717) is 0 Å². The lowest BCUT2D eigenvalue weighted by Crippen LogP contribution is -2.07. The number of hydrogen-bond acceptors (Lipinski definition) is 1. The fourth-order valence-electron chi connectivity index (χ4n) is 1.71. The molecule has 0 bridgehead atoms. The Morgan fingerprint density at radius 3 is 2.69 bits per heavy atom. The first-order valence-electron chi connectivity index (χ1n) is 5.24. The molecule has 1 heterocycles. The molecule has 0 radical (unpaired) electrons. The van der Waals surface area contributed by atoms with Crippen molar-refractivity contribution in [2.45, 2.75) is 39.5 Å². The monoisotopic (exact) mass is 180 g/mol. The number of aryl methyl sites for hydroxylation is 1. The summed E-state index contributed by atoms with van der Waals surface area (Å²) in [5.74, 6) is 2.03. The van der Waals surface area contributed by atoms with Gasteiger partial charge in [-0.2, -0.15) is 0 Å². The van der Waals surface area contributed by atoms with E-state index in [1.807, 2.05) is 12.4 Å². The summed E-state index contributed by atoms with van der Waals surface area (Å²) >= 11 is 0. The first-order chi connectivity index (χ1) is 6.27. The van der Waals surface area contributed by atoms with E-state index in [1.165, 1.54) is 25.1 Å². The van der Waals surface area contributed by atoms with Crippen LogP contribution in [-0.2, 0) is 13.5 Å². The fraction of sp³-hybridized carbons (Fsp3) is 0.727. The number of nitrogens with zero attached hydrogens (tertiary/aromatic N) is 2. The molecule has 0 aromatic carbocycles. The van der Waals surface area contributed by atoms with E-state index in [0.717, 1.165) is 12.3 Å². The summed E-state index contributed by atoms with van der Waals surface area (Å²) in [6, 6.07) is 0. The van der Waals surface area contributed by atoms with Gasteiger partial charge in [0.25, 0.3) is 0 Å². The topological polar surface area (TPSA) is 17.8 Å². The SMILES string of the molecule is CCCC(CC)Cc1nccn1C. The molecule has 13 heavy (non-hydrogen) atoms. The summed E-state index contributed by atoms with van der Waals surface area (Å²) < 4.78 is 2.12. The second-order valence-corrected chi connectivity index (χ2v) is 3.72. The van der Waals surface area contributed by atoms with Crippen molar-refractivity contribution in [3.8, 4) is 0 Å². The number of rotatable bonds is 5. The van der Waals surface area contributed by atoms with Crippen molar-refractivity contribution in [2.24, 2.45) is 13.0 Å². The molecule has 1 rings (SSSR count). The maximum Gasteiger partial charge on any atom is 0.108 e. The zero-order valence-corrected chi connectivity index (χ0v) is 8.95. The van der Waals surface area contributed by atoms with Crippen LogP contribution in [0.3, 0.4) is 0 Å². The van der Waals surface area contributed by atoms with Gasteiger partial charge in [0.05, 0.1) is 0 Å². The second-order valence-electron chi connectivity index (χ2n) is 3.72. The minimum Gasteiger partial charge on any atom is -0.338 e. The molecule has 0 N–H and O–H groups in total. The van der Waals surface area contributed by atoms with Crippen LogP contribution in [0.4, 0.5) is 0 Å². The fourth-order valence-corrected chi connectivity index (χ4v) is 1.71. The van der Waals surface area contributed by atoms with E-state index in [4.69, 9.17) is 0 Å². The highest BCUT2D eigenvalue weighted by Gasteiger charge is 2.08. The highest BCUT2D eigenvalue weighted by molar-refractivity contribution is 4.92. The lowest BCUT2D eigenvalue weighted by Gasteiger charge is -2.12. The first kappa shape index (κ1) is 10.3. The van der Waals surface area contributed by atoms with Crippen molar-refractivity contribution in [2.75, 3.05) is 0 Å². The van der Waals surface area contributed by atoms with Crippen molar-refractivity contribution in [3.63, 3.8) is 0 Å². The molecule has 1 aromatic heterocycles. The lowest BCUT2D eigenvalue weighted by molar-refractivity contribution is 0.447. The molecule has 74 valence electrons. The molecule has 0 aliphatic heterocycles.